The van der Waals surface area contributed by atoms with Crippen molar-refractivity contribution in [3.05, 3.63) is 0 Å². The summed E-state index contributed by atoms with van der Waals surface area (Å²) in [6, 6.07) is 0. The second-order valence-corrected chi connectivity index (χ2v) is 11.6. The van der Waals surface area contributed by atoms with Crippen molar-refractivity contribution in [3.63, 3.8) is 0 Å². The van der Waals surface area contributed by atoms with Crippen LogP contribution in [-0.4, -0.2) is 47.3 Å². The van der Waals surface area contributed by atoms with Crippen molar-refractivity contribution in [2.75, 3.05) is 0 Å². The van der Waals surface area contributed by atoms with Gasteiger partial charge in [-0.3, -0.25) is 0 Å². The molecule has 0 aliphatic heterocycles. The molecule has 0 amide bonds. The zero-order valence-corrected chi connectivity index (χ0v) is 10.7. The van der Waals surface area contributed by atoms with Crippen molar-refractivity contribution in [1.29, 1.82) is 0 Å². The second kappa shape index (κ2) is 5.74. The molecule has 0 N–H and O–H groups in total. The molecular formula is C3H9In2. The molecule has 0 bridgehead atoms. The zero-order valence-electron chi connectivity index (χ0n) is 4.15. The van der Waals surface area contributed by atoms with E-state index in [4.69, 9.17) is 0 Å². The quantitative estimate of drug-likeness (QED) is 0.618. The largest absolute Gasteiger partial charge is 0 e. The summed E-state index contributed by atoms with van der Waals surface area (Å²) in [5.41, 5.74) is 0. The van der Waals surface area contributed by atoms with E-state index >= 15 is 0 Å². The fourth-order valence-corrected chi connectivity index (χ4v) is 0. The number of rotatable bonds is 0. The molecule has 0 aliphatic carbocycles. The van der Waals surface area contributed by atoms with Crippen LogP contribution in [0.2, 0.25) is 14.0 Å². The standard InChI is InChI=1S/3CH3.2In/h3*1H3;;. The first-order valence-electron chi connectivity index (χ1n) is 1.73. The van der Waals surface area contributed by atoms with Crippen LogP contribution >= 0.6 is 0 Å². The predicted octanol–water partition coefficient (Wildman–Crippen LogP) is 0.990. The van der Waals surface area contributed by atoms with Crippen LogP contribution in [0.25, 0.3) is 0 Å². The molecule has 5 heavy (non-hydrogen) atoms. The third kappa shape index (κ3) is 26.5. The molecule has 0 heterocycles. The van der Waals surface area contributed by atoms with Gasteiger partial charge in [-0.1, -0.05) is 0 Å². The Morgan fingerprint density at radius 3 is 1.00 bits per heavy atom. The molecule has 27 valence electrons. The fourth-order valence-electron chi connectivity index (χ4n) is 0. The third-order valence-electron chi connectivity index (χ3n) is 0. The minimum atomic E-state index is -0.637. The van der Waals surface area contributed by atoms with Crippen LogP contribution in [0, 0.1) is 0 Å². The Morgan fingerprint density at radius 1 is 1.00 bits per heavy atom. The smallest absolute Gasteiger partial charge is 0 e. The van der Waals surface area contributed by atoms with Gasteiger partial charge in [-0.05, 0) is 0 Å². The van der Waals surface area contributed by atoms with Crippen LogP contribution in [-0.2, 0) is 0 Å². The number of hydrogen-bond donors (Lipinski definition) is 0. The van der Waals surface area contributed by atoms with E-state index in [1.807, 2.05) is 0 Å². The Labute approximate surface area is 60.7 Å². The van der Waals surface area contributed by atoms with Crippen molar-refractivity contribution < 1.29 is 0 Å². The monoisotopic (exact) mass is 275 g/mol. The summed E-state index contributed by atoms with van der Waals surface area (Å²) in [5, 5.41) is 0. The van der Waals surface area contributed by atoms with E-state index in [1.54, 1.807) is 0 Å². The van der Waals surface area contributed by atoms with E-state index in [1.165, 1.54) is 0 Å². The van der Waals surface area contributed by atoms with E-state index in [-0.39, 0.29) is 25.8 Å². The maximum absolute atomic E-state index is 2.38. The van der Waals surface area contributed by atoms with E-state index < -0.39 is 21.4 Å². The van der Waals surface area contributed by atoms with Gasteiger partial charge in [0, 0.05) is 25.8 Å². The maximum atomic E-state index is 2.38. The average Bonchev–Trinajstić information content (AvgIpc) is 0.811. The molecular weight excluding hydrogens is 266 g/mol. The minimum absolute atomic E-state index is 0. The summed E-state index contributed by atoms with van der Waals surface area (Å²) in [7, 11) is 0. The van der Waals surface area contributed by atoms with Crippen LogP contribution in [0.4, 0.5) is 0 Å². The second-order valence-electron chi connectivity index (χ2n) is 1.73. The average molecular weight is 275 g/mol. The first-order chi connectivity index (χ1) is 1.73. The minimum Gasteiger partial charge on any atom is 0 e. The normalized spacial score (nSPS) is 5.40. The molecule has 3 radical (unpaired) electrons. The van der Waals surface area contributed by atoms with Gasteiger partial charge in [0.25, 0.3) is 0 Å². The summed E-state index contributed by atoms with van der Waals surface area (Å²) in [4.78, 5) is 0. The molecule has 0 saturated heterocycles. The molecule has 0 nitrogen and oxygen atoms in total. The molecule has 0 rings (SSSR count). The van der Waals surface area contributed by atoms with Gasteiger partial charge in [0.15, 0.2) is 0 Å². The van der Waals surface area contributed by atoms with Crippen molar-refractivity contribution in [2.45, 2.75) is 14.0 Å². The summed E-state index contributed by atoms with van der Waals surface area (Å²) in [6.07, 6.45) is 0. The molecule has 0 fully saturated rings. The van der Waals surface area contributed by atoms with Gasteiger partial charge >= 0.3 is 35.5 Å². The van der Waals surface area contributed by atoms with Crippen LogP contribution < -0.4 is 0 Å². The fraction of sp³-hybridized carbons (Fsp3) is 1.00. The topological polar surface area (TPSA) is 0 Å². The predicted molar refractivity (Wildman–Crippen MR) is 29.1 cm³/mol. The molecule has 0 saturated carbocycles. The Hall–Kier alpha value is 1.74. The summed E-state index contributed by atoms with van der Waals surface area (Å²) >= 11 is -0.637. The molecule has 0 aliphatic rings. The molecule has 0 unspecified atom stereocenters. The van der Waals surface area contributed by atoms with Gasteiger partial charge < -0.3 is 0 Å². The van der Waals surface area contributed by atoms with Gasteiger partial charge in [-0.15, -0.1) is 0 Å². The van der Waals surface area contributed by atoms with Crippen LogP contribution in [0.3, 0.4) is 0 Å². The maximum Gasteiger partial charge on any atom is 0 e. The van der Waals surface area contributed by atoms with Crippen molar-refractivity contribution in [2.24, 2.45) is 0 Å². The van der Waals surface area contributed by atoms with E-state index in [9.17, 15) is 0 Å². The summed E-state index contributed by atoms with van der Waals surface area (Å²) in [5.74, 6) is 0. The Kier molecular flexibility index (Phi) is 11.3. The zero-order chi connectivity index (χ0) is 3.58. The first-order valence-corrected chi connectivity index (χ1v) is 11.6. The van der Waals surface area contributed by atoms with Gasteiger partial charge in [-0.25, -0.2) is 0 Å². The van der Waals surface area contributed by atoms with E-state index in [0.717, 1.165) is 0 Å². The van der Waals surface area contributed by atoms with Gasteiger partial charge in [0.2, 0.25) is 0 Å². The van der Waals surface area contributed by atoms with Gasteiger partial charge in [0.05, 0.1) is 0 Å². The van der Waals surface area contributed by atoms with E-state index in [0.29, 0.717) is 0 Å². The molecule has 0 aromatic carbocycles. The summed E-state index contributed by atoms with van der Waals surface area (Å²) < 4.78 is 7.13. The van der Waals surface area contributed by atoms with Crippen LogP contribution in [0.1, 0.15) is 0 Å². The van der Waals surface area contributed by atoms with Crippen molar-refractivity contribution in [3.8, 4) is 0 Å². The third-order valence-corrected chi connectivity index (χ3v) is 0. The first kappa shape index (κ1) is 9.88. The Morgan fingerprint density at radius 2 is 1.00 bits per heavy atom. The van der Waals surface area contributed by atoms with Crippen LogP contribution in [0.5, 0.6) is 0 Å². The molecule has 0 atom stereocenters. The van der Waals surface area contributed by atoms with Gasteiger partial charge in [-0.2, -0.15) is 0 Å². The Balaban J connectivity index is 0. The molecule has 0 aromatic rings. The Bertz CT molecular complexity index is 9.61. The number of hydrogen-bond acceptors (Lipinski definition) is 0. The van der Waals surface area contributed by atoms with Crippen molar-refractivity contribution in [1.82, 2.24) is 0 Å². The molecule has 2 heteroatoms. The van der Waals surface area contributed by atoms with E-state index in [2.05, 4.69) is 14.0 Å². The SMILES string of the molecule is [CH3][In]([CH3])[CH3].[In]. The van der Waals surface area contributed by atoms with Crippen LogP contribution in [0.15, 0.2) is 0 Å². The molecule has 0 spiro atoms. The molecule has 0 aromatic heterocycles. The van der Waals surface area contributed by atoms with Crippen molar-refractivity contribution >= 4 is 47.3 Å². The van der Waals surface area contributed by atoms with Gasteiger partial charge in [0.1, 0.15) is 0 Å². The summed E-state index contributed by atoms with van der Waals surface area (Å²) in [6.45, 7) is 0.